The Kier molecular flexibility index (Phi) is 5.26. The van der Waals surface area contributed by atoms with Crippen LogP contribution in [0, 0.1) is 11.8 Å². The van der Waals surface area contributed by atoms with E-state index < -0.39 is 58.0 Å². The van der Waals surface area contributed by atoms with E-state index in [0.717, 1.165) is 24.2 Å². The maximum Gasteiger partial charge on any atom is 0.255 e. The number of aromatic hydroxyl groups is 1. The molecule has 11 nitrogen and oxygen atoms in total. The summed E-state index contributed by atoms with van der Waals surface area (Å²) in [5.74, 6) is -7.06. The van der Waals surface area contributed by atoms with Crippen LogP contribution in [0.5, 0.6) is 5.75 Å². The number of carbonyl (C=O) groups is 3. The molecule has 1 aliphatic heterocycles. The number of amides is 1. The molecule has 0 spiro atoms. The van der Waals surface area contributed by atoms with Crippen LogP contribution < -0.4 is 16.4 Å². The van der Waals surface area contributed by atoms with E-state index in [1.165, 1.54) is 0 Å². The van der Waals surface area contributed by atoms with Crippen molar-refractivity contribution in [3.05, 3.63) is 39.7 Å². The molecule has 0 aromatic heterocycles. The van der Waals surface area contributed by atoms with Gasteiger partial charge in [0.05, 0.1) is 11.6 Å². The van der Waals surface area contributed by atoms with Crippen molar-refractivity contribution in [3.63, 3.8) is 0 Å². The highest BCUT2D eigenvalue weighted by Crippen LogP contribution is 2.54. The Morgan fingerprint density at radius 2 is 1.89 bits per heavy atom. The number of phenolic OH excluding ortho intramolecular Hbond substituents is 1. The molecule has 1 heterocycles. The number of carbonyl (C=O) groups excluding carboxylic acids is 3. The monoisotopic (exact) mass is 498 g/mol. The smallest absolute Gasteiger partial charge is 0.255 e. The van der Waals surface area contributed by atoms with Gasteiger partial charge in [0.2, 0.25) is 5.78 Å². The lowest BCUT2D eigenvalue weighted by Gasteiger charge is -2.48. The second kappa shape index (κ2) is 7.79. The predicted octanol–water partition coefficient (Wildman–Crippen LogP) is -0.196. The average molecular weight is 499 g/mol. The van der Waals surface area contributed by atoms with E-state index in [2.05, 4.69) is 9.80 Å². The van der Waals surface area contributed by atoms with Crippen LogP contribution in [0.15, 0.2) is 23.0 Å². The zero-order valence-electron chi connectivity index (χ0n) is 20.3. The second-order valence-corrected chi connectivity index (χ2v) is 10.5. The number of primary amides is 1. The number of benzene rings is 1. The van der Waals surface area contributed by atoms with E-state index in [1.807, 2.05) is 21.1 Å². The fourth-order valence-corrected chi connectivity index (χ4v) is 6.63. The van der Waals surface area contributed by atoms with Crippen molar-refractivity contribution in [2.75, 3.05) is 32.6 Å². The molecule has 0 bridgehead atoms. The van der Waals surface area contributed by atoms with Gasteiger partial charge in [0.25, 0.3) is 5.91 Å². The molecular formula is C25H30N4O7. The molecule has 4 aliphatic rings. The lowest BCUT2D eigenvalue weighted by Crippen LogP contribution is -2.65. The standard InChI is InChI=1S/C25H30N4O7/c1-28(2)13-4-5-29(3)19-10(13)8-14(30)16-11(19)6-9-7-12-18(26)21(32)17(24(27)35)23(34)25(12,36)22(33)15(9)20(16)31/h8-9,12-13,18,30-31,34,36H,4-7,26H2,1-3H3,(H2,27,35)/t9?,12-,13?,18-,25-/m0/s1. The first-order valence-corrected chi connectivity index (χ1v) is 11.8. The normalized spacial score (nSPS) is 31.8. The number of hydrogen-bond acceptors (Lipinski definition) is 10. The van der Waals surface area contributed by atoms with E-state index in [-0.39, 0.29) is 35.8 Å². The summed E-state index contributed by atoms with van der Waals surface area (Å²) in [7, 11) is 5.83. The first kappa shape index (κ1) is 24.3. The summed E-state index contributed by atoms with van der Waals surface area (Å²) in [5, 5.41) is 44.5. The van der Waals surface area contributed by atoms with Crippen LogP contribution >= 0.6 is 0 Å². The SMILES string of the molecule is CN1CCC(N(C)C)c2cc(O)c3c(c21)CC1C[C@H]2[C@H](N)C(=O)C(C(N)=O)=C(O)[C@@]2(O)C(=O)C1=C3O. The Morgan fingerprint density at radius 3 is 2.50 bits per heavy atom. The molecule has 5 atom stereocenters. The highest BCUT2D eigenvalue weighted by Gasteiger charge is 2.63. The summed E-state index contributed by atoms with van der Waals surface area (Å²) in [5.41, 5.74) is 10.0. The Balaban J connectivity index is 1.73. The lowest BCUT2D eigenvalue weighted by atomic mass is 9.57. The molecule has 192 valence electrons. The number of aliphatic hydroxyl groups excluding tert-OH is 2. The highest BCUT2D eigenvalue weighted by atomic mass is 16.3. The molecule has 1 aromatic rings. The van der Waals surface area contributed by atoms with Crippen LogP contribution in [0.2, 0.25) is 0 Å². The van der Waals surface area contributed by atoms with Gasteiger partial charge in [-0.3, -0.25) is 14.4 Å². The summed E-state index contributed by atoms with van der Waals surface area (Å²) in [6.07, 6.45) is 1.06. The van der Waals surface area contributed by atoms with E-state index in [4.69, 9.17) is 11.5 Å². The maximum absolute atomic E-state index is 13.7. The number of aliphatic hydroxyl groups is 3. The van der Waals surface area contributed by atoms with Crippen LogP contribution in [0.1, 0.15) is 35.6 Å². The summed E-state index contributed by atoms with van der Waals surface area (Å²) in [6.45, 7) is 0.740. The van der Waals surface area contributed by atoms with Gasteiger partial charge in [0.15, 0.2) is 11.4 Å². The molecule has 5 rings (SSSR count). The van der Waals surface area contributed by atoms with E-state index >= 15 is 0 Å². The van der Waals surface area contributed by atoms with E-state index in [1.54, 1.807) is 6.07 Å². The van der Waals surface area contributed by atoms with Crippen molar-refractivity contribution in [2.24, 2.45) is 23.3 Å². The minimum absolute atomic E-state index is 0.0185. The number of fused-ring (bicyclic) bond motifs is 5. The Bertz CT molecular complexity index is 1300. The van der Waals surface area contributed by atoms with Gasteiger partial charge in [0.1, 0.15) is 22.8 Å². The van der Waals surface area contributed by atoms with Crippen LogP contribution in [-0.2, 0) is 20.8 Å². The third-order valence-corrected chi connectivity index (χ3v) is 8.35. The Morgan fingerprint density at radius 1 is 1.22 bits per heavy atom. The summed E-state index contributed by atoms with van der Waals surface area (Å²) in [4.78, 5) is 42.4. The topological polar surface area (TPSA) is 191 Å². The number of rotatable bonds is 2. The van der Waals surface area contributed by atoms with Gasteiger partial charge in [-0.25, -0.2) is 0 Å². The van der Waals surface area contributed by atoms with Crippen molar-refractivity contribution in [3.8, 4) is 5.75 Å². The molecule has 11 heteroatoms. The number of Topliss-reactive ketones (excluding diaryl/α,β-unsaturated/α-hetero) is 2. The number of nitrogens with two attached hydrogens (primary N) is 2. The van der Waals surface area contributed by atoms with Crippen LogP contribution in [0.25, 0.3) is 5.76 Å². The van der Waals surface area contributed by atoms with Crippen molar-refractivity contribution in [1.82, 2.24) is 4.90 Å². The van der Waals surface area contributed by atoms with Crippen molar-refractivity contribution in [2.45, 2.75) is 36.9 Å². The summed E-state index contributed by atoms with van der Waals surface area (Å²) >= 11 is 0. The number of nitrogens with zero attached hydrogens (tertiary/aromatic N) is 2. The van der Waals surface area contributed by atoms with Gasteiger partial charge < -0.3 is 41.7 Å². The molecular weight excluding hydrogens is 468 g/mol. The molecule has 8 N–H and O–H groups in total. The average Bonchev–Trinajstić information content (AvgIpc) is 2.79. The number of hydrogen-bond donors (Lipinski definition) is 6. The highest BCUT2D eigenvalue weighted by molar-refractivity contribution is 6.24. The summed E-state index contributed by atoms with van der Waals surface area (Å²) < 4.78 is 0. The first-order valence-electron chi connectivity index (χ1n) is 11.8. The van der Waals surface area contributed by atoms with Crippen LogP contribution in [0.4, 0.5) is 5.69 Å². The quantitative estimate of drug-likeness (QED) is 0.298. The fourth-order valence-electron chi connectivity index (χ4n) is 6.63. The third-order valence-electron chi connectivity index (χ3n) is 8.35. The van der Waals surface area contributed by atoms with Gasteiger partial charge >= 0.3 is 0 Å². The molecule has 1 aromatic carbocycles. The number of ketones is 2. The third kappa shape index (κ3) is 2.93. The van der Waals surface area contributed by atoms with Gasteiger partial charge in [-0.15, -0.1) is 0 Å². The van der Waals surface area contributed by atoms with Gasteiger partial charge in [0, 0.05) is 36.8 Å². The fraction of sp³-hybridized carbons (Fsp3) is 0.480. The minimum atomic E-state index is -2.70. The van der Waals surface area contributed by atoms with E-state index in [0.29, 0.717) is 5.56 Å². The van der Waals surface area contributed by atoms with E-state index in [9.17, 15) is 34.8 Å². The zero-order valence-corrected chi connectivity index (χ0v) is 20.3. The number of phenols is 1. The first-order chi connectivity index (χ1) is 16.8. The molecule has 36 heavy (non-hydrogen) atoms. The van der Waals surface area contributed by atoms with Crippen LogP contribution in [-0.4, -0.2) is 82.1 Å². The molecule has 2 unspecified atom stereocenters. The number of anilines is 1. The largest absolute Gasteiger partial charge is 0.508 e. The van der Waals surface area contributed by atoms with Crippen LogP contribution in [0.3, 0.4) is 0 Å². The molecule has 0 saturated heterocycles. The molecule has 1 fully saturated rings. The lowest BCUT2D eigenvalue weighted by molar-refractivity contribution is -0.149. The molecule has 3 aliphatic carbocycles. The van der Waals surface area contributed by atoms with Gasteiger partial charge in [-0.1, -0.05) is 0 Å². The summed E-state index contributed by atoms with van der Waals surface area (Å²) in [6, 6.07) is 0.173. The molecule has 0 radical (unpaired) electrons. The van der Waals surface area contributed by atoms with Crippen molar-refractivity contribution < 1.29 is 34.8 Å². The second-order valence-electron chi connectivity index (χ2n) is 10.5. The Hall–Kier alpha value is -3.41. The zero-order chi connectivity index (χ0) is 26.4. The molecule has 1 saturated carbocycles. The van der Waals surface area contributed by atoms with Gasteiger partial charge in [-0.2, -0.15) is 0 Å². The van der Waals surface area contributed by atoms with Crippen molar-refractivity contribution in [1.29, 1.82) is 0 Å². The predicted molar refractivity (Wildman–Crippen MR) is 129 cm³/mol. The molecule has 1 amide bonds. The van der Waals surface area contributed by atoms with Gasteiger partial charge in [-0.05, 0) is 56.5 Å². The minimum Gasteiger partial charge on any atom is -0.508 e. The van der Waals surface area contributed by atoms with Crippen molar-refractivity contribution >= 4 is 28.9 Å². The Labute approximate surface area is 207 Å². The maximum atomic E-state index is 13.7.